The Hall–Kier alpha value is -2.23. The van der Waals surface area contributed by atoms with Gasteiger partial charge in [0.2, 0.25) is 0 Å². The van der Waals surface area contributed by atoms with Gasteiger partial charge in [-0.25, -0.2) is 0 Å². The van der Waals surface area contributed by atoms with E-state index in [0.29, 0.717) is 6.17 Å². The Kier molecular flexibility index (Phi) is 4.26. The molecule has 0 aliphatic carbocycles. The van der Waals surface area contributed by atoms with Crippen molar-refractivity contribution in [2.45, 2.75) is 36.4 Å². The van der Waals surface area contributed by atoms with Crippen LogP contribution in [0, 0.1) is 0 Å². The van der Waals surface area contributed by atoms with Gasteiger partial charge in [0.25, 0.3) is 0 Å². The smallest absolute Gasteiger partial charge is 0.0918 e. The summed E-state index contributed by atoms with van der Waals surface area (Å²) in [7, 11) is 2.26. The molecule has 0 saturated carbocycles. The molecule has 3 aromatic carbocycles. The second kappa shape index (κ2) is 6.68. The number of nitrogens with zero attached hydrogens (tertiary/aromatic N) is 2. The average molecular weight is 387 g/mol. The normalized spacial score (nSPS) is 23.7. The molecule has 3 aromatic rings. The number of hydrogen-bond donors (Lipinski definition) is 1. The van der Waals surface area contributed by atoms with Crippen LogP contribution in [0.15, 0.2) is 77.7 Å². The van der Waals surface area contributed by atoms with Gasteiger partial charge < -0.3 is 4.90 Å². The van der Waals surface area contributed by atoms with Crippen LogP contribution in [0.4, 0.5) is 5.69 Å². The van der Waals surface area contributed by atoms with Crippen molar-refractivity contribution in [1.82, 2.24) is 4.90 Å². The van der Waals surface area contributed by atoms with Gasteiger partial charge in [0, 0.05) is 29.1 Å². The highest BCUT2D eigenvalue weighted by molar-refractivity contribution is 7.80. The molecule has 142 valence electrons. The molecule has 2 aliphatic rings. The summed E-state index contributed by atoms with van der Waals surface area (Å²) >= 11 is 4.63. The van der Waals surface area contributed by atoms with E-state index in [2.05, 4.69) is 109 Å². The zero-order valence-electron chi connectivity index (χ0n) is 16.5. The highest BCUT2D eigenvalue weighted by Crippen LogP contribution is 2.52. The molecular formula is C25H26N2S. The van der Waals surface area contributed by atoms with Gasteiger partial charge in [0.05, 0.1) is 6.17 Å². The lowest BCUT2D eigenvalue weighted by molar-refractivity contribution is 0.259. The molecule has 2 unspecified atom stereocenters. The monoisotopic (exact) mass is 386 g/mol. The van der Waals surface area contributed by atoms with Crippen molar-refractivity contribution >= 4 is 18.3 Å². The predicted octanol–water partition coefficient (Wildman–Crippen LogP) is 5.58. The van der Waals surface area contributed by atoms with E-state index in [1.54, 1.807) is 0 Å². The van der Waals surface area contributed by atoms with Crippen LogP contribution in [0.3, 0.4) is 0 Å². The molecule has 1 saturated heterocycles. The van der Waals surface area contributed by atoms with Crippen molar-refractivity contribution in [1.29, 1.82) is 0 Å². The maximum absolute atomic E-state index is 4.63. The number of likely N-dealkylation sites (N-methyl/N-ethyl adjacent to an activating group) is 1. The maximum Gasteiger partial charge on any atom is 0.0918 e. The van der Waals surface area contributed by atoms with Crippen LogP contribution in [0.25, 0.3) is 11.1 Å². The first kappa shape index (κ1) is 17.8. The molecule has 1 fully saturated rings. The van der Waals surface area contributed by atoms with Gasteiger partial charge in [-0.05, 0) is 53.9 Å². The molecule has 2 atom stereocenters. The molecule has 2 nitrogen and oxygen atoms in total. The highest BCUT2D eigenvalue weighted by Gasteiger charge is 2.53. The first-order valence-electron chi connectivity index (χ1n) is 10.0. The molecule has 0 N–H and O–H groups in total. The minimum absolute atomic E-state index is 0.157. The van der Waals surface area contributed by atoms with Gasteiger partial charge in [0.1, 0.15) is 0 Å². The summed E-state index contributed by atoms with van der Waals surface area (Å²) in [6.07, 6.45) is 1.58. The number of likely N-dealkylation sites (tertiary alicyclic amines) is 1. The third kappa shape index (κ3) is 2.68. The van der Waals surface area contributed by atoms with Gasteiger partial charge in [-0.15, -0.1) is 12.6 Å². The van der Waals surface area contributed by atoms with Crippen molar-refractivity contribution < 1.29 is 0 Å². The molecule has 28 heavy (non-hydrogen) atoms. The van der Waals surface area contributed by atoms with E-state index in [1.807, 2.05) is 0 Å². The van der Waals surface area contributed by atoms with Gasteiger partial charge in [-0.1, -0.05) is 61.5 Å². The van der Waals surface area contributed by atoms with Crippen LogP contribution in [0.5, 0.6) is 0 Å². The van der Waals surface area contributed by atoms with E-state index in [0.717, 1.165) is 18.0 Å². The lowest BCUT2D eigenvalue weighted by Gasteiger charge is -2.35. The fraction of sp³-hybridized carbons (Fsp3) is 0.280. The molecule has 3 heteroatoms. The third-order valence-corrected chi connectivity index (χ3v) is 6.89. The summed E-state index contributed by atoms with van der Waals surface area (Å²) in [5.41, 5.74) is 6.95. The highest BCUT2D eigenvalue weighted by atomic mass is 32.1. The largest absolute Gasteiger partial charge is 0.350 e. The van der Waals surface area contributed by atoms with Crippen LogP contribution < -0.4 is 4.90 Å². The van der Waals surface area contributed by atoms with Gasteiger partial charge in [0.15, 0.2) is 0 Å². The fourth-order valence-electron chi connectivity index (χ4n) is 5.28. The second-order valence-electron chi connectivity index (χ2n) is 8.37. The number of fused-ring (bicyclic) bond motifs is 3. The van der Waals surface area contributed by atoms with E-state index >= 15 is 0 Å². The number of hydrogen-bond acceptors (Lipinski definition) is 3. The second-order valence-corrected chi connectivity index (χ2v) is 8.89. The lowest BCUT2D eigenvalue weighted by Crippen LogP contribution is -2.47. The quantitative estimate of drug-likeness (QED) is 0.587. The van der Waals surface area contributed by atoms with Crippen LogP contribution in [0.1, 0.15) is 24.5 Å². The first-order chi connectivity index (χ1) is 13.6. The Bertz CT molecular complexity index is 1020. The minimum atomic E-state index is 0.157. The topological polar surface area (TPSA) is 6.48 Å². The molecule has 0 bridgehead atoms. The maximum atomic E-state index is 4.63. The van der Waals surface area contributed by atoms with Crippen LogP contribution in [-0.2, 0) is 12.0 Å². The van der Waals surface area contributed by atoms with E-state index in [1.165, 1.54) is 34.4 Å². The molecule has 0 aromatic heterocycles. The molecule has 0 spiro atoms. The van der Waals surface area contributed by atoms with Crippen molar-refractivity contribution in [3.05, 3.63) is 83.9 Å². The first-order valence-corrected chi connectivity index (χ1v) is 10.5. The Morgan fingerprint density at radius 2 is 1.75 bits per heavy atom. The molecule has 2 heterocycles. The Labute approximate surface area is 173 Å². The molecule has 0 amide bonds. The van der Waals surface area contributed by atoms with E-state index in [9.17, 15) is 0 Å². The van der Waals surface area contributed by atoms with Crippen molar-refractivity contribution in [3.63, 3.8) is 0 Å². The predicted molar refractivity (Wildman–Crippen MR) is 120 cm³/mol. The zero-order valence-corrected chi connectivity index (χ0v) is 17.4. The fourth-order valence-corrected chi connectivity index (χ4v) is 5.48. The van der Waals surface area contributed by atoms with Crippen molar-refractivity contribution in [2.75, 3.05) is 18.5 Å². The number of thiol groups is 1. The average Bonchev–Trinajstić information content (AvgIpc) is 3.14. The van der Waals surface area contributed by atoms with Gasteiger partial charge in [-0.3, -0.25) is 4.90 Å². The van der Waals surface area contributed by atoms with E-state index in [4.69, 9.17) is 0 Å². The standard InChI is InChI=1S/C25H26N2S/c1-25-14-15-26(2)24(25)27(23-13-12-20(28)16-22(23)25)17-19-10-6-7-11-21(19)18-8-4-3-5-9-18/h3-13,16,24,28H,14-15,17H2,1-2H3. The summed E-state index contributed by atoms with van der Waals surface area (Å²) in [6, 6.07) is 26.2. The number of rotatable bonds is 3. The van der Waals surface area contributed by atoms with E-state index < -0.39 is 0 Å². The van der Waals surface area contributed by atoms with Crippen molar-refractivity contribution in [3.8, 4) is 11.1 Å². The molecule has 0 radical (unpaired) electrons. The van der Waals surface area contributed by atoms with Gasteiger partial charge in [-0.2, -0.15) is 0 Å². The Morgan fingerprint density at radius 3 is 2.57 bits per heavy atom. The lowest BCUT2D eigenvalue weighted by atomic mass is 9.81. The zero-order chi connectivity index (χ0) is 19.3. The summed E-state index contributed by atoms with van der Waals surface area (Å²) < 4.78 is 0. The Balaban J connectivity index is 1.60. The summed E-state index contributed by atoms with van der Waals surface area (Å²) in [5, 5.41) is 0. The van der Waals surface area contributed by atoms with Crippen molar-refractivity contribution in [2.24, 2.45) is 0 Å². The van der Waals surface area contributed by atoms with Gasteiger partial charge >= 0.3 is 0 Å². The number of benzene rings is 3. The molecule has 2 aliphatic heterocycles. The van der Waals surface area contributed by atoms with Crippen LogP contribution in [0.2, 0.25) is 0 Å². The summed E-state index contributed by atoms with van der Waals surface area (Å²) in [6.45, 7) is 4.47. The summed E-state index contributed by atoms with van der Waals surface area (Å²) in [5.74, 6) is 0. The molecular weight excluding hydrogens is 360 g/mol. The van der Waals surface area contributed by atoms with Crippen LogP contribution >= 0.6 is 12.6 Å². The number of anilines is 1. The van der Waals surface area contributed by atoms with Crippen LogP contribution in [-0.4, -0.2) is 24.7 Å². The SMILES string of the molecule is CN1CCC2(C)c3cc(S)ccc3N(Cc3ccccc3-c3ccccc3)C12. The minimum Gasteiger partial charge on any atom is -0.350 e. The third-order valence-electron chi connectivity index (χ3n) is 6.61. The van der Waals surface area contributed by atoms with E-state index in [-0.39, 0.29) is 5.41 Å². The molecule has 5 rings (SSSR count). The summed E-state index contributed by atoms with van der Waals surface area (Å²) in [4.78, 5) is 6.18. The Morgan fingerprint density at radius 1 is 1.00 bits per heavy atom.